The molecule has 1 aromatic carbocycles. The molecule has 0 saturated carbocycles. The van der Waals surface area contributed by atoms with E-state index in [2.05, 4.69) is 16.4 Å². The Balaban J connectivity index is 1.47. The van der Waals surface area contributed by atoms with E-state index in [0.717, 1.165) is 24.8 Å². The zero-order valence-corrected chi connectivity index (χ0v) is 13.0. The number of carbonyl (C=O) groups is 2. The number of benzene rings is 1. The first kappa shape index (κ1) is 14.3. The van der Waals surface area contributed by atoms with E-state index in [1.165, 1.54) is 10.9 Å². The monoisotopic (exact) mass is 311 g/mol. The van der Waals surface area contributed by atoms with Crippen LogP contribution in [0.1, 0.15) is 31.2 Å². The van der Waals surface area contributed by atoms with Crippen LogP contribution < -0.4 is 5.32 Å². The van der Waals surface area contributed by atoms with Gasteiger partial charge in [-0.25, -0.2) is 0 Å². The second-order valence-corrected chi connectivity index (χ2v) is 6.55. The Kier molecular flexibility index (Phi) is 3.56. The molecule has 5 heteroatoms. The summed E-state index contributed by atoms with van der Waals surface area (Å²) in [6.45, 7) is 0.605. The standard InChI is InChI=1S/C18H21N3O2/c22-17-9-13-6-7-14(11-20-17)21(13)18(23)8-5-12-10-19-16-4-2-1-3-15(12)16/h1-4,10,13-14,19H,5-9,11H2,(H,20,22)/t13-,14+/m0/s1. The Morgan fingerprint density at radius 1 is 1.22 bits per heavy atom. The lowest BCUT2D eigenvalue weighted by atomic mass is 10.1. The summed E-state index contributed by atoms with van der Waals surface area (Å²) in [5.41, 5.74) is 2.30. The van der Waals surface area contributed by atoms with E-state index in [0.29, 0.717) is 19.4 Å². The van der Waals surface area contributed by atoms with Gasteiger partial charge in [-0.1, -0.05) is 18.2 Å². The van der Waals surface area contributed by atoms with Crippen molar-refractivity contribution in [2.24, 2.45) is 0 Å². The van der Waals surface area contributed by atoms with Crippen LogP contribution in [-0.4, -0.2) is 40.3 Å². The molecule has 2 fully saturated rings. The summed E-state index contributed by atoms with van der Waals surface area (Å²) < 4.78 is 0. The van der Waals surface area contributed by atoms with Gasteiger partial charge in [-0.05, 0) is 30.9 Å². The summed E-state index contributed by atoms with van der Waals surface area (Å²) >= 11 is 0. The fourth-order valence-corrected chi connectivity index (χ4v) is 4.00. The van der Waals surface area contributed by atoms with Gasteiger partial charge in [0, 0.05) is 48.6 Å². The number of rotatable bonds is 3. The number of fused-ring (bicyclic) bond motifs is 3. The van der Waals surface area contributed by atoms with E-state index in [1.807, 2.05) is 29.3 Å². The molecule has 0 radical (unpaired) electrons. The minimum Gasteiger partial charge on any atom is -0.361 e. The van der Waals surface area contributed by atoms with Gasteiger partial charge < -0.3 is 15.2 Å². The molecule has 2 aromatic rings. The number of nitrogens with one attached hydrogen (secondary N) is 2. The minimum atomic E-state index is 0.0756. The second-order valence-electron chi connectivity index (χ2n) is 6.55. The Labute approximate surface area is 135 Å². The number of hydrogen-bond acceptors (Lipinski definition) is 2. The highest BCUT2D eigenvalue weighted by Crippen LogP contribution is 2.29. The summed E-state index contributed by atoms with van der Waals surface area (Å²) in [5.74, 6) is 0.255. The van der Waals surface area contributed by atoms with Crippen molar-refractivity contribution in [3.63, 3.8) is 0 Å². The molecule has 3 heterocycles. The van der Waals surface area contributed by atoms with Crippen LogP contribution in [-0.2, 0) is 16.0 Å². The van der Waals surface area contributed by atoms with E-state index in [4.69, 9.17) is 0 Å². The van der Waals surface area contributed by atoms with Crippen molar-refractivity contribution in [3.05, 3.63) is 36.0 Å². The van der Waals surface area contributed by atoms with Crippen molar-refractivity contribution >= 4 is 22.7 Å². The van der Waals surface area contributed by atoms with Gasteiger partial charge in [0.25, 0.3) is 0 Å². The molecular weight excluding hydrogens is 290 g/mol. The zero-order chi connectivity index (χ0) is 15.8. The van der Waals surface area contributed by atoms with Crippen molar-refractivity contribution in [1.29, 1.82) is 0 Å². The van der Waals surface area contributed by atoms with Crippen molar-refractivity contribution in [2.75, 3.05) is 6.54 Å². The number of amides is 2. The average molecular weight is 311 g/mol. The van der Waals surface area contributed by atoms with Crippen molar-refractivity contribution < 1.29 is 9.59 Å². The molecule has 120 valence electrons. The molecule has 2 amide bonds. The van der Waals surface area contributed by atoms with Crippen molar-refractivity contribution in [3.8, 4) is 0 Å². The van der Waals surface area contributed by atoms with Crippen LogP contribution in [0.2, 0.25) is 0 Å². The predicted octanol–water partition coefficient (Wildman–Crippen LogP) is 1.98. The van der Waals surface area contributed by atoms with E-state index in [1.54, 1.807) is 0 Å². The van der Waals surface area contributed by atoms with E-state index >= 15 is 0 Å². The molecule has 5 nitrogen and oxygen atoms in total. The van der Waals surface area contributed by atoms with Gasteiger partial charge in [-0.2, -0.15) is 0 Å². The Bertz CT molecular complexity index is 752. The number of nitrogens with zero attached hydrogens (tertiary/aromatic N) is 1. The molecule has 0 unspecified atom stereocenters. The van der Waals surface area contributed by atoms with Crippen LogP contribution in [0.5, 0.6) is 0 Å². The maximum Gasteiger partial charge on any atom is 0.223 e. The molecule has 2 saturated heterocycles. The van der Waals surface area contributed by atoms with Gasteiger partial charge in [0.15, 0.2) is 0 Å². The average Bonchev–Trinajstić information content (AvgIpc) is 3.09. The van der Waals surface area contributed by atoms with Gasteiger partial charge >= 0.3 is 0 Å². The first-order chi connectivity index (χ1) is 11.2. The van der Waals surface area contributed by atoms with Gasteiger partial charge in [0.2, 0.25) is 11.8 Å². The SMILES string of the molecule is O=C1C[C@@H]2CC[C@H](CN1)N2C(=O)CCc1c[nH]c2ccccc12. The molecule has 23 heavy (non-hydrogen) atoms. The maximum absolute atomic E-state index is 12.7. The van der Waals surface area contributed by atoms with E-state index < -0.39 is 0 Å². The highest BCUT2D eigenvalue weighted by molar-refractivity contribution is 5.85. The summed E-state index contributed by atoms with van der Waals surface area (Å²) in [7, 11) is 0. The van der Waals surface area contributed by atoms with Crippen molar-refractivity contribution in [1.82, 2.24) is 15.2 Å². The number of carbonyl (C=O) groups excluding carboxylic acids is 2. The summed E-state index contributed by atoms with van der Waals surface area (Å²) in [4.78, 5) is 29.6. The fourth-order valence-electron chi connectivity index (χ4n) is 4.00. The highest BCUT2D eigenvalue weighted by Gasteiger charge is 2.39. The molecule has 0 aliphatic carbocycles. The van der Waals surface area contributed by atoms with Crippen LogP contribution in [0, 0.1) is 0 Å². The predicted molar refractivity (Wildman–Crippen MR) is 87.9 cm³/mol. The van der Waals surface area contributed by atoms with Gasteiger partial charge in [0.05, 0.1) is 0 Å². The Hall–Kier alpha value is -2.30. The number of aromatic amines is 1. The minimum absolute atomic E-state index is 0.0756. The zero-order valence-electron chi connectivity index (χ0n) is 13.0. The molecule has 0 spiro atoms. The quantitative estimate of drug-likeness (QED) is 0.910. The second kappa shape index (κ2) is 5.72. The third-order valence-electron chi connectivity index (χ3n) is 5.15. The number of aromatic nitrogens is 1. The molecule has 2 N–H and O–H groups in total. The lowest BCUT2D eigenvalue weighted by molar-refractivity contribution is -0.133. The third kappa shape index (κ3) is 2.60. The number of hydrogen-bond donors (Lipinski definition) is 2. The van der Waals surface area contributed by atoms with Crippen LogP contribution in [0.15, 0.2) is 30.5 Å². The Morgan fingerprint density at radius 2 is 2.04 bits per heavy atom. The Morgan fingerprint density at radius 3 is 2.96 bits per heavy atom. The number of para-hydroxylation sites is 1. The smallest absolute Gasteiger partial charge is 0.223 e. The number of H-pyrrole nitrogens is 1. The topological polar surface area (TPSA) is 65.2 Å². The van der Waals surface area contributed by atoms with Crippen LogP contribution in [0.4, 0.5) is 0 Å². The normalized spacial score (nSPS) is 23.8. The van der Waals surface area contributed by atoms with Crippen molar-refractivity contribution in [2.45, 2.75) is 44.2 Å². The largest absolute Gasteiger partial charge is 0.361 e. The molecule has 2 aliphatic heterocycles. The molecule has 2 bridgehead atoms. The summed E-state index contributed by atoms with van der Waals surface area (Å²) in [5, 5.41) is 4.11. The highest BCUT2D eigenvalue weighted by atomic mass is 16.2. The van der Waals surface area contributed by atoms with Gasteiger partial charge in [0.1, 0.15) is 0 Å². The lowest BCUT2D eigenvalue weighted by Gasteiger charge is -2.27. The number of aryl methyl sites for hydroxylation is 1. The molecule has 1 aromatic heterocycles. The van der Waals surface area contributed by atoms with E-state index in [-0.39, 0.29) is 23.9 Å². The van der Waals surface area contributed by atoms with Crippen LogP contribution >= 0.6 is 0 Å². The molecular formula is C18H21N3O2. The molecule has 4 rings (SSSR count). The summed E-state index contributed by atoms with van der Waals surface area (Å²) in [6.07, 6.45) is 5.65. The van der Waals surface area contributed by atoms with Gasteiger partial charge in [-0.3, -0.25) is 9.59 Å². The van der Waals surface area contributed by atoms with Gasteiger partial charge in [-0.15, -0.1) is 0 Å². The molecule has 2 atom stereocenters. The first-order valence-electron chi connectivity index (χ1n) is 8.35. The maximum atomic E-state index is 12.7. The third-order valence-corrected chi connectivity index (χ3v) is 5.15. The van der Waals surface area contributed by atoms with Crippen LogP contribution in [0.25, 0.3) is 10.9 Å². The lowest BCUT2D eigenvalue weighted by Crippen LogP contribution is -2.42. The van der Waals surface area contributed by atoms with E-state index in [9.17, 15) is 9.59 Å². The van der Waals surface area contributed by atoms with Crippen LogP contribution in [0.3, 0.4) is 0 Å². The molecule has 2 aliphatic rings. The first-order valence-corrected chi connectivity index (χ1v) is 8.35. The summed E-state index contributed by atoms with van der Waals surface area (Å²) in [6, 6.07) is 8.44. The fraction of sp³-hybridized carbons (Fsp3) is 0.444.